The van der Waals surface area contributed by atoms with Crippen LogP contribution in [0.15, 0.2) is 34.5 Å². The summed E-state index contributed by atoms with van der Waals surface area (Å²) < 4.78 is 0. The van der Waals surface area contributed by atoms with Gasteiger partial charge in [-0.05, 0) is 31.5 Å². The van der Waals surface area contributed by atoms with Crippen molar-refractivity contribution in [2.45, 2.75) is 33.6 Å². The Bertz CT molecular complexity index is 749. The lowest BCUT2D eigenvalue weighted by Crippen LogP contribution is -2.39. The summed E-state index contributed by atoms with van der Waals surface area (Å²) in [6.07, 6.45) is 1.00. The van der Waals surface area contributed by atoms with E-state index in [1.54, 1.807) is 17.0 Å². The highest BCUT2D eigenvalue weighted by molar-refractivity contribution is 6.65. The van der Waals surface area contributed by atoms with Crippen LogP contribution in [0.2, 0.25) is 0 Å². The van der Waals surface area contributed by atoms with Gasteiger partial charge in [-0.1, -0.05) is 12.1 Å². The van der Waals surface area contributed by atoms with Gasteiger partial charge in [-0.15, -0.1) is 0 Å². The molecule has 1 aliphatic heterocycles. The van der Waals surface area contributed by atoms with Crippen molar-refractivity contribution in [3.63, 3.8) is 0 Å². The fourth-order valence-electron chi connectivity index (χ4n) is 2.48. The second-order valence-electron chi connectivity index (χ2n) is 5.78. The smallest absolute Gasteiger partial charge is 0.277 e. The molecule has 0 bridgehead atoms. The van der Waals surface area contributed by atoms with Gasteiger partial charge in [0.1, 0.15) is 0 Å². The summed E-state index contributed by atoms with van der Waals surface area (Å²) >= 11 is 0. The number of carbonyl (C=O) groups excluding carboxylic acids is 3. The zero-order valence-electron chi connectivity index (χ0n) is 15.2. The molecule has 8 heteroatoms. The first-order valence-corrected chi connectivity index (χ1v) is 8.56. The third-order valence-electron chi connectivity index (χ3n) is 4.01. The van der Waals surface area contributed by atoms with Crippen LogP contribution in [0.5, 0.6) is 0 Å². The van der Waals surface area contributed by atoms with Gasteiger partial charge in [-0.3, -0.25) is 19.8 Å². The molecule has 0 aromatic heterocycles. The lowest BCUT2D eigenvalue weighted by atomic mass is 10.0. The largest absolute Gasteiger partial charge is 0.338 e. The molecule has 0 saturated heterocycles. The summed E-state index contributed by atoms with van der Waals surface area (Å²) in [4.78, 5) is 36.8. The molecule has 0 spiro atoms. The molecule has 8 nitrogen and oxygen atoms in total. The predicted molar refractivity (Wildman–Crippen MR) is 100 cm³/mol. The standard InChI is InChI=1S/C18H23N5O3/c1-4-23(5-2)18(26)17(12(3)24)22-19-14-8-6-13(7-9-14)15-10-11-16(25)21-20-15/h6-9,19H,4-5,10-11H2,1-3H3,(H,21,25)/b22-17-. The van der Waals surface area contributed by atoms with Crippen molar-refractivity contribution < 1.29 is 14.4 Å². The van der Waals surface area contributed by atoms with Crippen LogP contribution in [0.4, 0.5) is 5.69 Å². The monoisotopic (exact) mass is 357 g/mol. The van der Waals surface area contributed by atoms with Gasteiger partial charge in [-0.25, -0.2) is 5.43 Å². The van der Waals surface area contributed by atoms with Crippen molar-refractivity contribution in [2.75, 3.05) is 18.5 Å². The van der Waals surface area contributed by atoms with E-state index in [-0.39, 0.29) is 17.5 Å². The molecular weight excluding hydrogens is 334 g/mol. The van der Waals surface area contributed by atoms with Crippen LogP contribution in [-0.2, 0) is 14.4 Å². The highest BCUT2D eigenvalue weighted by atomic mass is 16.2. The molecule has 2 N–H and O–H groups in total. The number of hydrogen-bond acceptors (Lipinski definition) is 6. The summed E-state index contributed by atoms with van der Waals surface area (Å²) in [5.41, 5.74) is 7.43. The number of nitrogens with one attached hydrogen (secondary N) is 2. The predicted octanol–water partition coefficient (Wildman–Crippen LogP) is 1.53. The number of hydrazone groups is 2. The van der Waals surface area contributed by atoms with E-state index in [9.17, 15) is 14.4 Å². The lowest BCUT2D eigenvalue weighted by Gasteiger charge is -2.18. The number of benzene rings is 1. The molecule has 0 radical (unpaired) electrons. The van der Waals surface area contributed by atoms with Crippen LogP contribution < -0.4 is 10.9 Å². The second kappa shape index (κ2) is 8.89. The SMILES string of the molecule is CCN(CC)C(=O)/C(=N\Nc1ccc(C2=NNC(=O)CC2)cc1)C(C)=O. The van der Waals surface area contributed by atoms with Crippen LogP contribution in [0.1, 0.15) is 39.2 Å². The van der Waals surface area contributed by atoms with E-state index >= 15 is 0 Å². The average Bonchev–Trinajstić information content (AvgIpc) is 2.64. The Kier molecular flexibility index (Phi) is 6.60. The van der Waals surface area contributed by atoms with E-state index in [0.29, 0.717) is 31.6 Å². The van der Waals surface area contributed by atoms with Gasteiger partial charge in [0.15, 0.2) is 11.5 Å². The second-order valence-corrected chi connectivity index (χ2v) is 5.78. The van der Waals surface area contributed by atoms with Crippen LogP contribution in [-0.4, -0.2) is 47.0 Å². The molecule has 0 atom stereocenters. The maximum Gasteiger partial charge on any atom is 0.277 e. The third-order valence-corrected chi connectivity index (χ3v) is 4.01. The molecule has 2 amide bonds. The fraction of sp³-hybridized carbons (Fsp3) is 0.389. The van der Waals surface area contributed by atoms with Gasteiger partial charge in [0.2, 0.25) is 5.91 Å². The maximum atomic E-state index is 12.3. The number of nitrogens with zero attached hydrogens (tertiary/aromatic N) is 3. The molecule has 0 aliphatic carbocycles. The van der Waals surface area contributed by atoms with E-state index in [4.69, 9.17) is 0 Å². The summed E-state index contributed by atoms with van der Waals surface area (Å²) in [5, 5.41) is 8.04. The van der Waals surface area contributed by atoms with E-state index in [2.05, 4.69) is 21.1 Å². The fourth-order valence-corrected chi connectivity index (χ4v) is 2.48. The number of carbonyl (C=O) groups is 3. The van der Waals surface area contributed by atoms with Gasteiger partial charge in [0.05, 0.1) is 11.4 Å². The van der Waals surface area contributed by atoms with Gasteiger partial charge in [0, 0.05) is 32.9 Å². The molecule has 0 unspecified atom stereocenters. The molecule has 1 aromatic carbocycles. The van der Waals surface area contributed by atoms with Crippen LogP contribution in [0, 0.1) is 0 Å². The molecule has 0 fully saturated rings. The van der Waals surface area contributed by atoms with E-state index in [1.807, 2.05) is 26.0 Å². The third kappa shape index (κ3) is 4.75. The van der Waals surface area contributed by atoms with E-state index in [0.717, 1.165) is 11.3 Å². The Morgan fingerprint density at radius 1 is 1.19 bits per heavy atom. The highest BCUT2D eigenvalue weighted by Gasteiger charge is 2.21. The first-order valence-electron chi connectivity index (χ1n) is 8.56. The molecule has 1 aliphatic rings. The minimum absolute atomic E-state index is 0.0870. The van der Waals surface area contributed by atoms with Crippen LogP contribution in [0.3, 0.4) is 0 Å². The van der Waals surface area contributed by atoms with Crippen molar-refractivity contribution in [1.82, 2.24) is 10.3 Å². The van der Waals surface area contributed by atoms with E-state index in [1.165, 1.54) is 6.92 Å². The Morgan fingerprint density at radius 3 is 2.35 bits per heavy atom. The summed E-state index contributed by atoms with van der Waals surface area (Å²) in [7, 11) is 0. The summed E-state index contributed by atoms with van der Waals surface area (Å²) in [6, 6.07) is 7.23. The van der Waals surface area contributed by atoms with Gasteiger partial charge < -0.3 is 4.90 Å². The highest BCUT2D eigenvalue weighted by Crippen LogP contribution is 2.14. The van der Waals surface area contributed by atoms with Gasteiger partial charge in [-0.2, -0.15) is 10.2 Å². The van der Waals surface area contributed by atoms with Crippen LogP contribution >= 0.6 is 0 Å². The van der Waals surface area contributed by atoms with E-state index < -0.39 is 5.78 Å². The number of rotatable bonds is 7. The number of anilines is 1. The van der Waals surface area contributed by atoms with Crippen LogP contribution in [0.25, 0.3) is 0 Å². The zero-order chi connectivity index (χ0) is 19.1. The molecule has 1 heterocycles. The topological polar surface area (TPSA) is 103 Å². The minimum Gasteiger partial charge on any atom is -0.338 e. The van der Waals surface area contributed by atoms with Crippen molar-refractivity contribution in [3.8, 4) is 0 Å². The minimum atomic E-state index is -0.390. The Balaban J connectivity index is 2.11. The molecular formula is C18H23N5O3. The summed E-state index contributed by atoms with van der Waals surface area (Å²) in [5.74, 6) is -0.867. The molecule has 0 saturated carbocycles. The quantitative estimate of drug-likeness (QED) is 0.439. The number of ketones is 1. The zero-order valence-corrected chi connectivity index (χ0v) is 15.2. The Labute approximate surface area is 152 Å². The van der Waals surface area contributed by atoms with Crippen molar-refractivity contribution in [3.05, 3.63) is 29.8 Å². The molecule has 138 valence electrons. The first kappa shape index (κ1) is 19.3. The van der Waals surface area contributed by atoms with Crippen molar-refractivity contribution in [1.29, 1.82) is 0 Å². The van der Waals surface area contributed by atoms with Gasteiger partial charge >= 0.3 is 0 Å². The van der Waals surface area contributed by atoms with Crippen molar-refractivity contribution >= 4 is 34.7 Å². The van der Waals surface area contributed by atoms with Crippen molar-refractivity contribution in [2.24, 2.45) is 10.2 Å². The average molecular weight is 357 g/mol. The Hall–Kier alpha value is -3.03. The Morgan fingerprint density at radius 2 is 1.85 bits per heavy atom. The maximum absolute atomic E-state index is 12.3. The number of amides is 2. The lowest BCUT2D eigenvalue weighted by molar-refractivity contribution is -0.125. The normalized spacial score (nSPS) is 14.3. The first-order chi connectivity index (χ1) is 12.5. The number of Topliss-reactive ketones (excluding diaryl/α,β-unsaturated/α-hetero) is 1. The number of hydrogen-bond donors (Lipinski definition) is 2. The molecule has 1 aromatic rings. The van der Waals surface area contributed by atoms with Gasteiger partial charge in [0.25, 0.3) is 5.91 Å². The molecule has 2 rings (SSSR count). The summed E-state index contributed by atoms with van der Waals surface area (Å²) in [6.45, 7) is 6.04. The molecule has 26 heavy (non-hydrogen) atoms.